The minimum absolute atomic E-state index is 0.402. The second kappa shape index (κ2) is 8.43. The van der Waals surface area contributed by atoms with Gasteiger partial charge in [-0.05, 0) is 57.2 Å². The molecule has 2 rings (SSSR count). The fourth-order valence-corrected chi connectivity index (χ4v) is 3.46. The molecule has 1 aliphatic rings. The van der Waals surface area contributed by atoms with Crippen LogP contribution in [0.5, 0.6) is 5.75 Å². The molecule has 0 aromatic heterocycles. The Hall–Kier alpha value is -1.02. The first-order valence-corrected chi connectivity index (χ1v) is 8.69. The van der Waals surface area contributed by atoms with Gasteiger partial charge in [-0.15, -0.1) is 0 Å². The summed E-state index contributed by atoms with van der Waals surface area (Å²) in [6.07, 6.45) is 8.46. The van der Waals surface area contributed by atoms with Crippen molar-refractivity contribution in [2.75, 3.05) is 6.61 Å². The largest absolute Gasteiger partial charge is 0.494 e. The van der Waals surface area contributed by atoms with E-state index in [9.17, 15) is 0 Å². The van der Waals surface area contributed by atoms with Crippen LogP contribution in [0.2, 0.25) is 0 Å². The van der Waals surface area contributed by atoms with E-state index in [-0.39, 0.29) is 0 Å². The monoisotopic (exact) mass is 289 g/mol. The lowest BCUT2D eigenvalue weighted by Gasteiger charge is -2.27. The van der Waals surface area contributed by atoms with Crippen LogP contribution in [-0.4, -0.2) is 12.6 Å². The summed E-state index contributed by atoms with van der Waals surface area (Å²) in [4.78, 5) is 0. The number of hydrogen-bond acceptors (Lipinski definition) is 2. The van der Waals surface area contributed by atoms with Gasteiger partial charge < -0.3 is 10.1 Å². The summed E-state index contributed by atoms with van der Waals surface area (Å²) in [5.74, 6) is 1.81. The highest BCUT2D eigenvalue weighted by Gasteiger charge is 2.20. The topological polar surface area (TPSA) is 21.3 Å². The molecule has 0 bridgehead atoms. The molecular weight excluding hydrogens is 258 g/mol. The SMILES string of the molecule is CCOc1ccc(C(C)N[C@H](C)C2CCCCCC2)cc1. The van der Waals surface area contributed by atoms with Crippen molar-refractivity contribution in [2.24, 2.45) is 5.92 Å². The van der Waals surface area contributed by atoms with Gasteiger partial charge in [-0.2, -0.15) is 0 Å². The van der Waals surface area contributed by atoms with Crippen molar-refractivity contribution >= 4 is 0 Å². The van der Waals surface area contributed by atoms with Gasteiger partial charge in [-0.25, -0.2) is 0 Å². The predicted octanol–water partition coefficient (Wildman–Crippen LogP) is 5.09. The molecule has 1 aromatic rings. The summed E-state index contributed by atoms with van der Waals surface area (Å²) in [6.45, 7) is 7.38. The van der Waals surface area contributed by atoms with E-state index < -0.39 is 0 Å². The van der Waals surface area contributed by atoms with Gasteiger partial charge in [0.25, 0.3) is 0 Å². The number of nitrogens with one attached hydrogen (secondary N) is 1. The van der Waals surface area contributed by atoms with Gasteiger partial charge in [0.15, 0.2) is 0 Å². The average Bonchev–Trinajstić information content (AvgIpc) is 2.77. The van der Waals surface area contributed by atoms with Crippen molar-refractivity contribution in [3.05, 3.63) is 29.8 Å². The van der Waals surface area contributed by atoms with E-state index >= 15 is 0 Å². The summed E-state index contributed by atoms with van der Waals surface area (Å²) >= 11 is 0. The maximum atomic E-state index is 5.51. The highest BCUT2D eigenvalue weighted by atomic mass is 16.5. The Morgan fingerprint density at radius 3 is 2.24 bits per heavy atom. The van der Waals surface area contributed by atoms with Crippen molar-refractivity contribution in [1.29, 1.82) is 0 Å². The van der Waals surface area contributed by atoms with Crippen LogP contribution in [0.15, 0.2) is 24.3 Å². The standard InChI is InChI=1S/C19H31NO/c1-4-21-19-13-11-18(12-14-19)16(3)20-15(2)17-9-7-5-6-8-10-17/h11-17,20H,4-10H2,1-3H3/t15-,16?/m1/s1. The second-order valence-electron chi connectivity index (χ2n) is 6.43. The minimum atomic E-state index is 0.402. The Morgan fingerprint density at radius 2 is 1.67 bits per heavy atom. The predicted molar refractivity (Wildman–Crippen MR) is 89.8 cm³/mol. The van der Waals surface area contributed by atoms with Crippen LogP contribution in [0, 0.1) is 5.92 Å². The van der Waals surface area contributed by atoms with E-state index in [2.05, 4.69) is 43.4 Å². The molecule has 1 aliphatic carbocycles. The van der Waals surface area contributed by atoms with Crippen molar-refractivity contribution in [2.45, 2.75) is 71.4 Å². The smallest absolute Gasteiger partial charge is 0.119 e. The summed E-state index contributed by atoms with van der Waals surface area (Å²) in [5, 5.41) is 3.80. The van der Waals surface area contributed by atoms with Gasteiger partial charge in [0.05, 0.1) is 6.61 Å². The molecular formula is C19H31NO. The van der Waals surface area contributed by atoms with Crippen LogP contribution in [0.4, 0.5) is 0 Å². The summed E-state index contributed by atoms with van der Waals surface area (Å²) < 4.78 is 5.51. The highest BCUT2D eigenvalue weighted by Crippen LogP contribution is 2.27. The van der Waals surface area contributed by atoms with E-state index in [1.165, 1.54) is 44.1 Å². The molecule has 0 amide bonds. The van der Waals surface area contributed by atoms with Gasteiger partial charge in [0.1, 0.15) is 5.75 Å². The molecule has 1 fully saturated rings. The zero-order chi connectivity index (χ0) is 15.1. The number of ether oxygens (including phenoxy) is 1. The van der Waals surface area contributed by atoms with Crippen molar-refractivity contribution in [3.63, 3.8) is 0 Å². The third-order valence-electron chi connectivity index (χ3n) is 4.81. The van der Waals surface area contributed by atoms with Crippen LogP contribution in [-0.2, 0) is 0 Å². The van der Waals surface area contributed by atoms with Crippen molar-refractivity contribution in [1.82, 2.24) is 5.32 Å². The molecule has 0 saturated heterocycles. The fraction of sp³-hybridized carbons (Fsp3) is 0.684. The first kappa shape index (κ1) is 16.4. The Kier molecular flexibility index (Phi) is 6.56. The van der Waals surface area contributed by atoms with Gasteiger partial charge in [0.2, 0.25) is 0 Å². The zero-order valence-electron chi connectivity index (χ0n) is 13.9. The van der Waals surface area contributed by atoms with Crippen LogP contribution < -0.4 is 10.1 Å². The lowest BCUT2D eigenvalue weighted by atomic mass is 9.92. The third-order valence-corrected chi connectivity index (χ3v) is 4.81. The molecule has 0 spiro atoms. The van der Waals surface area contributed by atoms with Crippen molar-refractivity contribution < 1.29 is 4.74 Å². The molecule has 2 heteroatoms. The average molecular weight is 289 g/mol. The molecule has 1 saturated carbocycles. The normalized spacial score (nSPS) is 19.8. The van der Waals surface area contributed by atoms with E-state index in [1.54, 1.807) is 0 Å². The summed E-state index contributed by atoms with van der Waals surface area (Å²) in [6, 6.07) is 9.52. The minimum Gasteiger partial charge on any atom is -0.494 e. The van der Waals surface area contributed by atoms with Crippen LogP contribution >= 0.6 is 0 Å². The van der Waals surface area contributed by atoms with Gasteiger partial charge in [0, 0.05) is 12.1 Å². The molecule has 1 N–H and O–H groups in total. The van der Waals surface area contributed by atoms with Crippen LogP contribution in [0.25, 0.3) is 0 Å². The molecule has 1 aromatic carbocycles. The lowest BCUT2D eigenvalue weighted by molar-refractivity contribution is 0.316. The molecule has 2 nitrogen and oxygen atoms in total. The molecule has 1 unspecified atom stereocenters. The third kappa shape index (κ3) is 5.03. The molecule has 0 radical (unpaired) electrons. The fourth-order valence-electron chi connectivity index (χ4n) is 3.46. The van der Waals surface area contributed by atoms with E-state index in [1.807, 2.05) is 6.92 Å². The molecule has 0 aliphatic heterocycles. The van der Waals surface area contributed by atoms with E-state index in [0.29, 0.717) is 12.1 Å². The number of benzene rings is 1. The van der Waals surface area contributed by atoms with Crippen molar-refractivity contribution in [3.8, 4) is 5.75 Å². The number of rotatable bonds is 6. The quantitative estimate of drug-likeness (QED) is 0.736. The maximum absolute atomic E-state index is 5.51. The molecule has 21 heavy (non-hydrogen) atoms. The van der Waals surface area contributed by atoms with Gasteiger partial charge >= 0.3 is 0 Å². The first-order chi connectivity index (χ1) is 10.2. The van der Waals surface area contributed by atoms with Crippen LogP contribution in [0.3, 0.4) is 0 Å². The lowest BCUT2D eigenvalue weighted by Crippen LogP contribution is -2.35. The van der Waals surface area contributed by atoms with Crippen LogP contribution in [0.1, 0.15) is 70.9 Å². The summed E-state index contributed by atoms with van der Waals surface area (Å²) in [7, 11) is 0. The van der Waals surface area contributed by atoms with Gasteiger partial charge in [-0.1, -0.05) is 37.8 Å². The number of hydrogen-bond donors (Lipinski definition) is 1. The van der Waals surface area contributed by atoms with E-state index in [4.69, 9.17) is 4.74 Å². The first-order valence-electron chi connectivity index (χ1n) is 8.69. The Balaban J connectivity index is 1.88. The Bertz CT molecular complexity index is 393. The second-order valence-corrected chi connectivity index (χ2v) is 6.43. The Morgan fingerprint density at radius 1 is 1.05 bits per heavy atom. The highest BCUT2D eigenvalue weighted by molar-refractivity contribution is 5.29. The Labute approximate surface area is 130 Å². The zero-order valence-corrected chi connectivity index (χ0v) is 13.9. The van der Waals surface area contributed by atoms with Gasteiger partial charge in [-0.3, -0.25) is 0 Å². The molecule has 118 valence electrons. The molecule has 0 heterocycles. The van der Waals surface area contributed by atoms with E-state index in [0.717, 1.165) is 18.3 Å². The summed E-state index contributed by atoms with van der Waals surface area (Å²) in [5.41, 5.74) is 1.35. The molecule has 2 atom stereocenters. The maximum Gasteiger partial charge on any atom is 0.119 e.